The number of rotatable bonds is 4. The lowest BCUT2D eigenvalue weighted by atomic mass is 10.1. The highest BCUT2D eigenvalue weighted by Gasteiger charge is 2.30. The molecular formula is C24H21FN4O3S. The highest BCUT2D eigenvalue weighted by Crippen LogP contribution is 2.21. The quantitative estimate of drug-likeness (QED) is 0.464. The Kier molecular flexibility index (Phi) is 5.43. The lowest BCUT2D eigenvalue weighted by molar-refractivity contribution is 0.0698. The van der Waals surface area contributed by atoms with Crippen LogP contribution < -0.4 is 0 Å². The second kappa shape index (κ2) is 8.42. The lowest BCUT2D eigenvalue weighted by Gasteiger charge is -2.34. The summed E-state index contributed by atoms with van der Waals surface area (Å²) in [5.41, 5.74) is 3.31. The number of nitrogens with zero attached hydrogens (tertiary/aromatic N) is 4. The van der Waals surface area contributed by atoms with Crippen LogP contribution in [0.15, 0.2) is 84.0 Å². The summed E-state index contributed by atoms with van der Waals surface area (Å²) in [5.74, 6) is -0.632. The fourth-order valence-electron chi connectivity index (χ4n) is 4.00. The molecule has 9 heteroatoms. The van der Waals surface area contributed by atoms with E-state index in [0.29, 0.717) is 5.56 Å². The normalized spacial score (nSPS) is 15.1. The van der Waals surface area contributed by atoms with Gasteiger partial charge in [-0.15, -0.1) is 0 Å². The molecule has 33 heavy (non-hydrogen) atoms. The molecule has 1 fully saturated rings. The summed E-state index contributed by atoms with van der Waals surface area (Å²) in [4.78, 5) is 19.1. The van der Waals surface area contributed by atoms with Gasteiger partial charge >= 0.3 is 0 Å². The Morgan fingerprint density at radius 1 is 0.848 bits per heavy atom. The average Bonchev–Trinajstić information content (AvgIpc) is 3.28. The highest BCUT2D eigenvalue weighted by molar-refractivity contribution is 7.89. The van der Waals surface area contributed by atoms with E-state index in [4.69, 9.17) is 0 Å². The van der Waals surface area contributed by atoms with Gasteiger partial charge in [0.2, 0.25) is 10.0 Å². The number of carbonyl (C=O) groups excluding carboxylic acids is 1. The monoisotopic (exact) mass is 464 g/mol. The van der Waals surface area contributed by atoms with E-state index in [-0.39, 0.29) is 37.0 Å². The molecule has 3 aromatic carbocycles. The first-order valence-electron chi connectivity index (χ1n) is 10.5. The van der Waals surface area contributed by atoms with E-state index in [1.165, 1.54) is 16.4 Å². The summed E-state index contributed by atoms with van der Waals surface area (Å²) in [7, 11) is -3.72. The molecule has 1 saturated heterocycles. The van der Waals surface area contributed by atoms with Gasteiger partial charge in [0.25, 0.3) is 5.91 Å². The zero-order valence-electron chi connectivity index (χ0n) is 17.6. The Bertz CT molecular complexity index is 1410. The number of piperazine rings is 1. The molecule has 1 aliphatic rings. The van der Waals surface area contributed by atoms with Gasteiger partial charge in [0.1, 0.15) is 12.1 Å². The maximum absolute atomic E-state index is 13.1. The Morgan fingerprint density at radius 2 is 1.52 bits per heavy atom. The van der Waals surface area contributed by atoms with Crippen LogP contribution in [0.2, 0.25) is 0 Å². The van der Waals surface area contributed by atoms with E-state index in [0.717, 1.165) is 28.9 Å². The molecule has 1 aliphatic heterocycles. The third kappa shape index (κ3) is 4.01. The van der Waals surface area contributed by atoms with E-state index < -0.39 is 15.8 Å². The van der Waals surface area contributed by atoms with Gasteiger partial charge in [-0.2, -0.15) is 4.31 Å². The van der Waals surface area contributed by atoms with Crippen molar-refractivity contribution in [1.29, 1.82) is 0 Å². The van der Waals surface area contributed by atoms with Gasteiger partial charge in [0, 0.05) is 37.4 Å². The number of imidazole rings is 1. The molecule has 0 spiro atoms. The third-order valence-electron chi connectivity index (χ3n) is 5.82. The molecular weight excluding hydrogens is 443 g/mol. The van der Waals surface area contributed by atoms with Crippen LogP contribution in [0.3, 0.4) is 0 Å². The molecule has 0 radical (unpaired) electrons. The fourth-order valence-corrected chi connectivity index (χ4v) is 5.42. The molecule has 1 amide bonds. The van der Waals surface area contributed by atoms with Crippen LogP contribution >= 0.6 is 0 Å². The van der Waals surface area contributed by atoms with Crippen LogP contribution in [-0.4, -0.2) is 59.3 Å². The number of amides is 1. The number of fused-ring (bicyclic) bond motifs is 1. The number of carbonyl (C=O) groups is 1. The molecule has 0 atom stereocenters. The zero-order chi connectivity index (χ0) is 23.0. The molecule has 4 aromatic rings. The van der Waals surface area contributed by atoms with E-state index in [1.807, 2.05) is 41.0 Å². The van der Waals surface area contributed by atoms with Crippen LogP contribution in [0, 0.1) is 5.82 Å². The zero-order valence-corrected chi connectivity index (χ0v) is 18.5. The predicted molar refractivity (Wildman–Crippen MR) is 122 cm³/mol. The first kappa shape index (κ1) is 21.3. The Morgan fingerprint density at radius 3 is 2.21 bits per heavy atom. The molecule has 2 heterocycles. The van der Waals surface area contributed by atoms with E-state index in [1.54, 1.807) is 23.4 Å². The SMILES string of the molecule is O=C(c1ccc(-n2cnc3ccccc32)cc1)N1CCN(S(=O)(=O)c2ccc(F)cc2)CC1. The molecule has 0 bridgehead atoms. The van der Waals surface area contributed by atoms with E-state index >= 15 is 0 Å². The molecule has 0 aliphatic carbocycles. The third-order valence-corrected chi connectivity index (χ3v) is 7.74. The highest BCUT2D eigenvalue weighted by atomic mass is 32.2. The van der Waals surface area contributed by atoms with Gasteiger partial charge in [0.15, 0.2) is 0 Å². The Hall–Kier alpha value is -3.56. The maximum Gasteiger partial charge on any atom is 0.253 e. The molecule has 0 saturated carbocycles. The van der Waals surface area contributed by atoms with Crippen molar-refractivity contribution in [3.8, 4) is 5.69 Å². The minimum atomic E-state index is -3.72. The van der Waals surface area contributed by atoms with Crippen molar-refractivity contribution in [3.05, 3.63) is 90.5 Å². The van der Waals surface area contributed by atoms with Gasteiger partial charge in [-0.05, 0) is 60.7 Å². The minimum absolute atomic E-state index is 0.0475. The van der Waals surface area contributed by atoms with Crippen LogP contribution in [0.4, 0.5) is 4.39 Å². The topological polar surface area (TPSA) is 75.5 Å². The molecule has 7 nitrogen and oxygen atoms in total. The van der Waals surface area contributed by atoms with Crippen LogP contribution in [0.5, 0.6) is 0 Å². The number of hydrogen-bond donors (Lipinski definition) is 0. The van der Waals surface area contributed by atoms with Gasteiger partial charge in [-0.1, -0.05) is 12.1 Å². The van der Waals surface area contributed by atoms with E-state index in [2.05, 4.69) is 4.98 Å². The minimum Gasteiger partial charge on any atom is -0.336 e. The van der Waals surface area contributed by atoms with E-state index in [9.17, 15) is 17.6 Å². The van der Waals surface area contributed by atoms with Crippen LogP contribution in [-0.2, 0) is 10.0 Å². The molecule has 168 valence electrons. The second-order valence-corrected chi connectivity index (χ2v) is 9.74. The summed E-state index contributed by atoms with van der Waals surface area (Å²) < 4.78 is 42.0. The number of para-hydroxylation sites is 2. The summed E-state index contributed by atoms with van der Waals surface area (Å²) in [5, 5.41) is 0. The number of benzene rings is 3. The number of hydrogen-bond acceptors (Lipinski definition) is 4. The fraction of sp³-hybridized carbons (Fsp3) is 0.167. The smallest absolute Gasteiger partial charge is 0.253 e. The van der Waals surface area contributed by atoms with Gasteiger partial charge < -0.3 is 4.90 Å². The van der Waals surface area contributed by atoms with Crippen molar-refractivity contribution < 1.29 is 17.6 Å². The first-order valence-corrected chi connectivity index (χ1v) is 11.9. The van der Waals surface area contributed by atoms with Crippen molar-refractivity contribution in [2.24, 2.45) is 0 Å². The second-order valence-electron chi connectivity index (χ2n) is 7.80. The van der Waals surface area contributed by atoms with Crippen molar-refractivity contribution >= 4 is 27.0 Å². The maximum atomic E-state index is 13.1. The van der Waals surface area contributed by atoms with Gasteiger partial charge in [-0.25, -0.2) is 17.8 Å². The largest absolute Gasteiger partial charge is 0.336 e. The van der Waals surface area contributed by atoms with Gasteiger partial charge in [-0.3, -0.25) is 9.36 Å². The summed E-state index contributed by atoms with van der Waals surface area (Å²) >= 11 is 0. The average molecular weight is 465 g/mol. The van der Waals surface area contributed by atoms with Gasteiger partial charge in [0.05, 0.1) is 15.9 Å². The lowest BCUT2D eigenvalue weighted by Crippen LogP contribution is -2.50. The first-order chi connectivity index (χ1) is 15.9. The van der Waals surface area contributed by atoms with Crippen LogP contribution in [0.25, 0.3) is 16.7 Å². The Labute approximate surface area is 190 Å². The summed E-state index contributed by atoms with van der Waals surface area (Å²) in [6.07, 6.45) is 1.75. The van der Waals surface area contributed by atoms with Crippen molar-refractivity contribution in [1.82, 2.24) is 18.8 Å². The number of sulfonamides is 1. The standard InChI is InChI=1S/C24H21FN4O3S/c25-19-7-11-21(12-8-19)33(31,32)28-15-13-27(14-16-28)24(30)18-5-9-20(10-6-18)29-17-26-22-3-1-2-4-23(22)29/h1-12,17H,13-16H2. The predicted octanol–water partition coefficient (Wildman–Crippen LogP) is 3.31. The van der Waals surface area contributed by atoms with Crippen molar-refractivity contribution in [2.45, 2.75) is 4.90 Å². The van der Waals surface area contributed by atoms with Crippen molar-refractivity contribution in [2.75, 3.05) is 26.2 Å². The van der Waals surface area contributed by atoms with Crippen LogP contribution in [0.1, 0.15) is 10.4 Å². The molecule has 0 unspecified atom stereocenters. The van der Waals surface area contributed by atoms with Crippen molar-refractivity contribution in [3.63, 3.8) is 0 Å². The molecule has 5 rings (SSSR count). The summed E-state index contributed by atoms with van der Waals surface area (Å²) in [6, 6.07) is 19.9. The molecule has 0 N–H and O–H groups in total. The number of halogens is 1. The summed E-state index contributed by atoms with van der Waals surface area (Å²) in [6.45, 7) is 0.940. The Balaban J connectivity index is 1.27. The molecule has 1 aromatic heterocycles. The number of aromatic nitrogens is 2.